The van der Waals surface area contributed by atoms with E-state index < -0.39 is 15.7 Å². The van der Waals surface area contributed by atoms with Crippen LogP contribution in [0, 0.1) is 5.82 Å². The highest BCUT2D eigenvalue weighted by Gasteiger charge is 2.13. The SMILES string of the molecule is CS(=O)(=O)Cc1coc2c(F)cccc12. The molecule has 2 aromatic rings. The summed E-state index contributed by atoms with van der Waals surface area (Å²) in [4.78, 5) is 0. The third-order valence-corrected chi connectivity index (χ3v) is 2.89. The number of hydrogen-bond donors (Lipinski definition) is 0. The molecule has 1 aromatic carbocycles. The number of halogens is 1. The van der Waals surface area contributed by atoms with Gasteiger partial charge < -0.3 is 4.42 Å². The van der Waals surface area contributed by atoms with Crippen LogP contribution in [0.3, 0.4) is 0 Å². The molecule has 0 radical (unpaired) electrons. The molecule has 0 aliphatic carbocycles. The Hall–Kier alpha value is -1.36. The molecule has 1 aromatic heterocycles. The molecule has 0 bridgehead atoms. The fourth-order valence-electron chi connectivity index (χ4n) is 1.47. The molecule has 0 saturated heterocycles. The van der Waals surface area contributed by atoms with Gasteiger partial charge in [0.1, 0.15) is 0 Å². The summed E-state index contributed by atoms with van der Waals surface area (Å²) in [7, 11) is -3.13. The molecule has 0 atom stereocenters. The zero-order chi connectivity index (χ0) is 11.1. The lowest BCUT2D eigenvalue weighted by atomic mass is 10.2. The van der Waals surface area contributed by atoms with Crippen LogP contribution in [0.2, 0.25) is 0 Å². The monoisotopic (exact) mass is 228 g/mol. The molecule has 0 spiro atoms. The van der Waals surface area contributed by atoms with Crippen molar-refractivity contribution in [2.45, 2.75) is 5.75 Å². The van der Waals surface area contributed by atoms with Crippen molar-refractivity contribution in [3.63, 3.8) is 0 Å². The van der Waals surface area contributed by atoms with Crippen LogP contribution in [0.15, 0.2) is 28.9 Å². The summed E-state index contributed by atoms with van der Waals surface area (Å²) in [6, 6.07) is 4.44. The second-order valence-corrected chi connectivity index (χ2v) is 5.59. The Morgan fingerprint density at radius 3 is 2.80 bits per heavy atom. The first-order valence-corrected chi connectivity index (χ1v) is 6.36. The van der Waals surface area contributed by atoms with Crippen molar-refractivity contribution in [1.82, 2.24) is 0 Å². The predicted molar refractivity (Wildman–Crippen MR) is 54.7 cm³/mol. The molecule has 0 fully saturated rings. The minimum Gasteiger partial charge on any atom is -0.461 e. The molecular weight excluding hydrogens is 219 g/mol. The summed E-state index contributed by atoms with van der Waals surface area (Å²) in [5.74, 6) is -0.615. The van der Waals surface area contributed by atoms with E-state index in [1.807, 2.05) is 0 Å². The van der Waals surface area contributed by atoms with Gasteiger partial charge in [-0.2, -0.15) is 0 Å². The van der Waals surface area contributed by atoms with E-state index in [1.165, 1.54) is 18.4 Å². The topological polar surface area (TPSA) is 47.3 Å². The van der Waals surface area contributed by atoms with E-state index in [2.05, 4.69) is 0 Å². The van der Waals surface area contributed by atoms with Gasteiger partial charge in [0, 0.05) is 17.2 Å². The quantitative estimate of drug-likeness (QED) is 0.791. The van der Waals surface area contributed by atoms with E-state index >= 15 is 0 Å². The number of benzene rings is 1. The normalized spacial score (nSPS) is 12.1. The van der Waals surface area contributed by atoms with Crippen LogP contribution in [-0.4, -0.2) is 14.7 Å². The lowest BCUT2D eigenvalue weighted by molar-refractivity contribution is 0.558. The van der Waals surface area contributed by atoms with Gasteiger partial charge in [0.15, 0.2) is 21.2 Å². The fraction of sp³-hybridized carbons (Fsp3) is 0.200. The summed E-state index contributed by atoms with van der Waals surface area (Å²) in [5.41, 5.74) is 0.600. The first-order valence-electron chi connectivity index (χ1n) is 4.30. The molecule has 80 valence electrons. The van der Waals surface area contributed by atoms with Gasteiger partial charge in [-0.15, -0.1) is 0 Å². The van der Waals surface area contributed by atoms with E-state index in [1.54, 1.807) is 6.07 Å². The molecule has 0 saturated carbocycles. The second kappa shape index (κ2) is 3.34. The number of sulfone groups is 1. The van der Waals surface area contributed by atoms with Crippen LogP contribution in [0.4, 0.5) is 4.39 Å². The van der Waals surface area contributed by atoms with E-state index in [0.29, 0.717) is 10.9 Å². The number of hydrogen-bond acceptors (Lipinski definition) is 3. The molecule has 1 heterocycles. The summed E-state index contributed by atoms with van der Waals surface area (Å²) < 4.78 is 40.4. The van der Waals surface area contributed by atoms with E-state index in [9.17, 15) is 12.8 Å². The minimum atomic E-state index is -3.13. The van der Waals surface area contributed by atoms with Crippen LogP contribution < -0.4 is 0 Å². The van der Waals surface area contributed by atoms with E-state index in [4.69, 9.17) is 4.42 Å². The Bertz CT molecular complexity index is 598. The second-order valence-electron chi connectivity index (χ2n) is 3.45. The van der Waals surface area contributed by atoms with Gasteiger partial charge in [0.25, 0.3) is 0 Å². The summed E-state index contributed by atoms with van der Waals surface area (Å²) in [6.07, 6.45) is 2.42. The first-order chi connectivity index (χ1) is 6.97. The van der Waals surface area contributed by atoms with Gasteiger partial charge in [-0.1, -0.05) is 12.1 Å². The van der Waals surface area contributed by atoms with Gasteiger partial charge in [0.2, 0.25) is 0 Å². The van der Waals surface area contributed by atoms with Crippen LogP contribution >= 0.6 is 0 Å². The number of fused-ring (bicyclic) bond motifs is 1. The van der Waals surface area contributed by atoms with E-state index in [-0.39, 0.29) is 11.3 Å². The molecular formula is C10H9FO3S. The van der Waals surface area contributed by atoms with Crippen molar-refractivity contribution in [3.8, 4) is 0 Å². The third kappa shape index (κ3) is 2.02. The highest BCUT2D eigenvalue weighted by molar-refractivity contribution is 7.89. The standard InChI is InChI=1S/C10H9FO3S/c1-15(12,13)6-7-5-14-10-8(7)3-2-4-9(10)11/h2-5H,6H2,1H3. The molecule has 2 rings (SSSR count). The maximum absolute atomic E-state index is 13.2. The predicted octanol–water partition coefficient (Wildman–Crippen LogP) is 2.12. The number of rotatable bonds is 2. The third-order valence-electron chi connectivity index (χ3n) is 2.05. The molecule has 0 aliphatic heterocycles. The lowest BCUT2D eigenvalue weighted by Crippen LogP contribution is -1.99. The lowest BCUT2D eigenvalue weighted by Gasteiger charge is -1.95. The minimum absolute atomic E-state index is 0.108. The molecule has 0 N–H and O–H groups in total. The van der Waals surface area contributed by atoms with E-state index in [0.717, 1.165) is 6.26 Å². The van der Waals surface area contributed by atoms with Crippen molar-refractivity contribution in [2.75, 3.05) is 6.26 Å². The Morgan fingerprint density at radius 2 is 2.13 bits per heavy atom. The molecule has 0 amide bonds. The Labute approximate surface area is 86.4 Å². The van der Waals surface area contributed by atoms with Crippen molar-refractivity contribution < 1.29 is 17.2 Å². The average Bonchev–Trinajstić information content (AvgIpc) is 2.48. The Kier molecular flexibility index (Phi) is 2.26. The highest BCUT2D eigenvalue weighted by atomic mass is 32.2. The van der Waals surface area contributed by atoms with Gasteiger partial charge >= 0.3 is 0 Å². The maximum atomic E-state index is 13.2. The zero-order valence-corrected chi connectivity index (χ0v) is 8.84. The molecule has 0 unspecified atom stereocenters. The smallest absolute Gasteiger partial charge is 0.169 e. The van der Waals surface area contributed by atoms with Gasteiger partial charge in [0.05, 0.1) is 12.0 Å². The zero-order valence-electron chi connectivity index (χ0n) is 8.03. The number of para-hydroxylation sites is 1. The average molecular weight is 228 g/mol. The van der Waals surface area contributed by atoms with Crippen molar-refractivity contribution in [1.29, 1.82) is 0 Å². The Morgan fingerprint density at radius 1 is 1.40 bits per heavy atom. The van der Waals surface area contributed by atoms with Crippen LogP contribution in [0.5, 0.6) is 0 Å². The van der Waals surface area contributed by atoms with Crippen LogP contribution in [0.25, 0.3) is 11.0 Å². The van der Waals surface area contributed by atoms with Crippen LogP contribution in [0.1, 0.15) is 5.56 Å². The summed E-state index contributed by atoms with van der Waals surface area (Å²) in [6.45, 7) is 0. The summed E-state index contributed by atoms with van der Waals surface area (Å²) in [5, 5.41) is 0.514. The van der Waals surface area contributed by atoms with Crippen molar-refractivity contribution >= 4 is 20.8 Å². The molecule has 15 heavy (non-hydrogen) atoms. The van der Waals surface area contributed by atoms with Gasteiger partial charge in [-0.05, 0) is 6.07 Å². The molecule has 0 aliphatic rings. The van der Waals surface area contributed by atoms with Crippen molar-refractivity contribution in [3.05, 3.63) is 35.8 Å². The summed E-state index contributed by atoms with van der Waals surface area (Å²) >= 11 is 0. The highest BCUT2D eigenvalue weighted by Crippen LogP contribution is 2.24. The Balaban J connectivity index is 2.60. The largest absolute Gasteiger partial charge is 0.461 e. The molecule has 5 heteroatoms. The number of furan rings is 1. The molecule has 3 nitrogen and oxygen atoms in total. The van der Waals surface area contributed by atoms with Crippen molar-refractivity contribution in [2.24, 2.45) is 0 Å². The van der Waals surface area contributed by atoms with Gasteiger partial charge in [-0.25, -0.2) is 12.8 Å². The van der Waals surface area contributed by atoms with Crippen LogP contribution in [-0.2, 0) is 15.6 Å². The fourth-order valence-corrected chi connectivity index (χ4v) is 2.26. The maximum Gasteiger partial charge on any atom is 0.169 e. The van der Waals surface area contributed by atoms with Gasteiger partial charge in [-0.3, -0.25) is 0 Å². The first kappa shape index (κ1) is 10.2.